The van der Waals surface area contributed by atoms with E-state index in [0.29, 0.717) is 18.8 Å². The SMILES string of the molecule is COC(=O)[C@@H](C)N1CCC(C)(c2nc3ccc(C)cc3[nH]2)C1=O. The van der Waals surface area contributed by atoms with Crippen LogP contribution >= 0.6 is 0 Å². The molecule has 23 heavy (non-hydrogen) atoms. The van der Waals surface area contributed by atoms with E-state index in [1.165, 1.54) is 7.11 Å². The van der Waals surface area contributed by atoms with E-state index in [2.05, 4.69) is 9.97 Å². The largest absolute Gasteiger partial charge is 0.467 e. The molecule has 2 heterocycles. The summed E-state index contributed by atoms with van der Waals surface area (Å²) in [6.07, 6.45) is 0.617. The number of ether oxygens (including phenoxy) is 1. The zero-order chi connectivity index (χ0) is 16.8. The molecule has 1 aromatic heterocycles. The van der Waals surface area contributed by atoms with Crippen molar-refractivity contribution in [3.63, 3.8) is 0 Å². The van der Waals surface area contributed by atoms with Gasteiger partial charge in [0.25, 0.3) is 0 Å². The summed E-state index contributed by atoms with van der Waals surface area (Å²) in [5.74, 6) is 0.164. The molecule has 1 aliphatic heterocycles. The van der Waals surface area contributed by atoms with Crippen molar-refractivity contribution in [1.82, 2.24) is 14.9 Å². The van der Waals surface area contributed by atoms with E-state index < -0.39 is 17.4 Å². The van der Waals surface area contributed by atoms with Crippen LogP contribution in [-0.4, -0.2) is 46.4 Å². The molecular weight excluding hydrogens is 294 g/mol. The summed E-state index contributed by atoms with van der Waals surface area (Å²) >= 11 is 0. The van der Waals surface area contributed by atoms with Gasteiger partial charge >= 0.3 is 5.97 Å². The standard InChI is InChI=1S/C17H21N3O3/c1-10-5-6-12-13(9-10)19-15(18-12)17(3)7-8-20(16(17)22)11(2)14(21)23-4/h5-6,9,11H,7-8H2,1-4H3,(H,18,19)/t11-,17?/m1/s1. The van der Waals surface area contributed by atoms with Crippen molar-refractivity contribution in [1.29, 1.82) is 0 Å². The molecule has 6 nitrogen and oxygen atoms in total. The number of nitrogens with zero attached hydrogens (tertiary/aromatic N) is 2. The van der Waals surface area contributed by atoms with Gasteiger partial charge in [-0.25, -0.2) is 9.78 Å². The Kier molecular flexibility index (Phi) is 3.62. The van der Waals surface area contributed by atoms with Crippen LogP contribution in [0.25, 0.3) is 11.0 Å². The monoisotopic (exact) mass is 315 g/mol. The van der Waals surface area contributed by atoms with Crippen molar-refractivity contribution in [2.75, 3.05) is 13.7 Å². The van der Waals surface area contributed by atoms with Crippen LogP contribution in [0, 0.1) is 6.92 Å². The van der Waals surface area contributed by atoms with Crippen LogP contribution < -0.4 is 0 Å². The van der Waals surface area contributed by atoms with Crippen LogP contribution in [0.4, 0.5) is 0 Å². The molecule has 2 atom stereocenters. The fourth-order valence-corrected chi connectivity index (χ4v) is 3.14. The first-order chi connectivity index (χ1) is 10.9. The maximum absolute atomic E-state index is 12.9. The molecular formula is C17H21N3O3. The molecule has 122 valence electrons. The molecule has 0 aliphatic carbocycles. The number of methoxy groups -OCH3 is 1. The number of benzene rings is 1. The van der Waals surface area contributed by atoms with Crippen LogP contribution in [0.15, 0.2) is 18.2 Å². The molecule has 2 aromatic rings. The average Bonchev–Trinajstić information content (AvgIpc) is 3.08. The summed E-state index contributed by atoms with van der Waals surface area (Å²) in [7, 11) is 1.33. The lowest BCUT2D eigenvalue weighted by Crippen LogP contribution is -2.44. The van der Waals surface area contributed by atoms with E-state index in [-0.39, 0.29) is 5.91 Å². The first kappa shape index (κ1) is 15.5. The number of esters is 1. The van der Waals surface area contributed by atoms with Gasteiger partial charge in [-0.1, -0.05) is 6.07 Å². The van der Waals surface area contributed by atoms with E-state index in [4.69, 9.17) is 4.74 Å². The number of hydrogen-bond acceptors (Lipinski definition) is 4. The number of aryl methyl sites for hydroxylation is 1. The molecule has 1 saturated heterocycles. The van der Waals surface area contributed by atoms with Crippen molar-refractivity contribution >= 4 is 22.9 Å². The van der Waals surface area contributed by atoms with Crippen molar-refractivity contribution in [3.05, 3.63) is 29.6 Å². The molecule has 0 bridgehead atoms. The summed E-state index contributed by atoms with van der Waals surface area (Å²) in [6.45, 7) is 6.10. The fourth-order valence-electron chi connectivity index (χ4n) is 3.14. The zero-order valence-corrected chi connectivity index (χ0v) is 13.8. The van der Waals surface area contributed by atoms with Gasteiger partial charge in [0.1, 0.15) is 17.3 Å². The number of carbonyl (C=O) groups is 2. The number of fused-ring (bicyclic) bond motifs is 1. The molecule has 1 N–H and O–H groups in total. The third kappa shape index (κ3) is 2.38. The first-order valence-corrected chi connectivity index (χ1v) is 7.72. The second kappa shape index (κ2) is 5.37. The minimum absolute atomic E-state index is 0.0915. The van der Waals surface area contributed by atoms with Crippen molar-refractivity contribution in [3.8, 4) is 0 Å². The Labute approximate surface area is 134 Å². The lowest BCUT2D eigenvalue weighted by Gasteiger charge is -2.25. The van der Waals surface area contributed by atoms with E-state index in [1.54, 1.807) is 11.8 Å². The molecule has 3 rings (SSSR count). The normalized spacial score (nSPS) is 22.6. The Morgan fingerprint density at radius 2 is 2.22 bits per heavy atom. The van der Waals surface area contributed by atoms with Gasteiger partial charge in [-0.3, -0.25) is 4.79 Å². The van der Waals surface area contributed by atoms with Crippen molar-refractivity contribution < 1.29 is 14.3 Å². The molecule has 1 fully saturated rings. The maximum atomic E-state index is 12.9. The lowest BCUT2D eigenvalue weighted by molar-refractivity contribution is -0.151. The third-order valence-corrected chi connectivity index (χ3v) is 4.76. The van der Waals surface area contributed by atoms with E-state index in [9.17, 15) is 9.59 Å². The van der Waals surface area contributed by atoms with Crippen LogP contribution in [0.5, 0.6) is 0 Å². The number of hydrogen-bond donors (Lipinski definition) is 1. The number of H-pyrrole nitrogens is 1. The molecule has 6 heteroatoms. The van der Waals surface area contributed by atoms with Crippen LogP contribution in [-0.2, 0) is 19.7 Å². The zero-order valence-electron chi connectivity index (χ0n) is 13.8. The molecule has 1 aromatic carbocycles. The van der Waals surface area contributed by atoms with E-state index in [0.717, 1.165) is 16.6 Å². The summed E-state index contributed by atoms with van der Waals surface area (Å²) in [4.78, 5) is 34.1. The quantitative estimate of drug-likeness (QED) is 0.878. The smallest absolute Gasteiger partial charge is 0.328 e. The topological polar surface area (TPSA) is 75.3 Å². The van der Waals surface area contributed by atoms with Gasteiger partial charge in [-0.15, -0.1) is 0 Å². The van der Waals surface area contributed by atoms with Crippen molar-refractivity contribution in [2.45, 2.75) is 38.6 Å². The lowest BCUT2D eigenvalue weighted by atomic mass is 9.88. The summed E-state index contributed by atoms with van der Waals surface area (Å²) in [5.41, 5.74) is 2.17. The molecule has 1 amide bonds. The van der Waals surface area contributed by atoms with Gasteiger partial charge in [0.15, 0.2) is 0 Å². The number of aromatic amines is 1. The van der Waals surface area contributed by atoms with Gasteiger partial charge in [0, 0.05) is 6.54 Å². The van der Waals surface area contributed by atoms with Crippen LogP contribution in [0.3, 0.4) is 0 Å². The van der Waals surface area contributed by atoms with Gasteiger partial charge in [-0.2, -0.15) is 0 Å². The summed E-state index contributed by atoms with van der Waals surface area (Å²) in [6, 6.07) is 5.38. The Morgan fingerprint density at radius 3 is 2.91 bits per heavy atom. The Hall–Kier alpha value is -2.37. The Morgan fingerprint density at radius 1 is 1.48 bits per heavy atom. The van der Waals surface area contributed by atoms with Crippen LogP contribution in [0.2, 0.25) is 0 Å². The van der Waals surface area contributed by atoms with E-state index >= 15 is 0 Å². The molecule has 0 saturated carbocycles. The minimum Gasteiger partial charge on any atom is -0.467 e. The highest BCUT2D eigenvalue weighted by Gasteiger charge is 2.48. The number of aromatic nitrogens is 2. The van der Waals surface area contributed by atoms with Gasteiger partial charge in [0.05, 0.1) is 18.1 Å². The summed E-state index contributed by atoms with van der Waals surface area (Å²) in [5, 5.41) is 0. The first-order valence-electron chi connectivity index (χ1n) is 7.72. The highest BCUT2D eigenvalue weighted by Crippen LogP contribution is 2.36. The molecule has 0 radical (unpaired) electrons. The minimum atomic E-state index is -0.741. The van der Waals surface area contributed by atoms with Gasteiger partial charge < -0.3 is 14.6 Å². The predicted octanol–water partition coefficient (Wildman–Crippen LogP) is 1.92. The Balaban J connectivity index is 1.95. The number of amides is 1. The van der Waals surface area contributed by atoms with Gasteiger partial charge in [0.2, 0.25) is 5.91 Å². The fraction of sp³-hybridized carbons (Fsp3) is 0.471. The van der Waals surface area contributed by atoms with Gasteiger partial charge in [-0.05, 0) is 44.9 Å². The van der Waals surface area contributed by atoms with Crippen LogP contribution in [0.1, 0.15) is 31.7 Å². The molecule has 1 unspecified atom stereocenters. The second-order valence-electron chi connectivity index (χ2n) is 6.39. The number of imidazole rings is 1. The Bertz CT molecular complexity index is 782. The highest BCUT2D eigenvalue weighted by atomic mass is 16.5. The summed E-state index contributed by atoms with van der Waals surface area (Å²) < 4.78 is 4.75. The third-order valence-electron chi connectivity index (χ3n) is 4.76. The maximum Gasteiger partial charge on any atom is 0.328 e. The predicted molar refractivity (Wildman–Crippen MR) is 86.0 cm³/mol. The van der Waals surface area contributed by atoms with E-state index in [1.807, 2.05) is 32.0 Å². The molecule has 1 aliphatic rings. The number of carbonyl (C=O) groups excluding carboxylic acids is 2. The van der Waals surface area contributed by atoms with Crippen molar-refractivity contribution in [2.24, 2.45) is 0 Å². The number of rotatable bonds is 3. The second-order valence-corrected chi connectivity index (χ2v) is 6.39. The average molecular weight is 315 g/mol. The number of likely N-dealkylation sites (tertiary alicyclic amines) is 1. The number of nitrogens with one attached hydrogen (secondary N) is 1. The molecule has 0 spiro atoms. The highest BCUT2D eigenvalue weighted by molar-refractivity contribution is 5.93.